The number of hydrogen-bond donors (Lipinski definition) is 2. The van der Waals surface area contributed by atoms with Crippen LogP contribution in [0.15, 0.2) is 36.9 Å². The molecule has 0 unspecified atom stereocenters. The zero-order valence-corrected chi connectivity index (χ0v) is 18.0. The number of ether oxygens (including phenoxy) is 1. The predicted molar refractivity (Wildman–Crippen MR) is 118 cm³/mol. The molecule has 0 aromatic carbocycles. The van der Waals surface area contributed by atoms with Crippen molar-refractivity contribution in [3.8, 4) is 16.9 Å². The average Bonchev–Trinajstić information content (AvgIpc) is 3.57. The summed E-state index contributed by atoms with van der Waals surface area (Å²) in [5, 5.41) is 25.1. The summed E-state index contributed by atoms with van der Waals surface area (Å²) >= 11 is 0. The lowest BCUT2D eigenvalue weighted by atomic mass is 10.1. The Morgan fingerprint density at radius 1 is 1.21 bits per heavy atom. The number of nitrogens with zero attached hydrogens (tertiary/aromatic N) is 8. The Kier molecular flexibility index (Phi) is 5.65. The summed E-state index contributed by atoms with van der Waals surface area (Å²) in [7, 11) is 1.66. The molecule has 1 fully saturated rings. The van der Waals surface area contributed by atoms with Gasteiger partial charge in [0.2, 0.25) is 5.95 Å². The van der Waals surface area contributed by atoms with E-state index in [1.54, 1.807) is 30.4 Å². The molecule has 4 heterocycles. The van der Waals surface area contributed by atoms with Gasteiger partial charge in [-0.15, -0.1) is 5.10 Å². The maximum atomic E-state index is 11.2. The monoisotopic (exact) mass is 449 g/mol. The van der Waals surface area contributed by atoms with E-state index >= 15 is 0 Å². The van der Waals surface area contributed by atoms with Gasteiger partial charge in [0.25, 0.3) is 0 Å². The fourth-order valence-electron chi connectivity index (χ4n) is 3.97. The van der Waals surface area contributed by atoms with Gasteiger partial charge in [-0.3, -0.25) is 9.48 Å². The molecule has 12 heteroatoms. The highest BCUT2D eigenvalue weighted by Gasteiger charge is 2.30. The number of fused-ring (bicyclic) bond motifs is 1. The number of pyridine rings is 1. The minimum Gasteiger partial charge on any atom is -0.481 e. The molecule has 2 N–H and O–H groups in total. The molecule has 5 rings (SSSR count). The van der Waals surface area contributed by atoms with Crippen LogP contribution in [0, 0.1) is 5.92 Å². The standard InChI is InChI=1S/C21H23N9O3/c1-33-7-6-29-12-15(10-24-29)14-3-5-18(22-9-14)30-19-17(27-28-30)11-23-21(26-19)25-16-4-2-13(8-16)20(31)32/h3,5,9-13,16H,2,4,6-8H2,1H3,(H,31,32)(H,23,25,26)/t13-,16-/m1/s1. The zero-order valence-electron chi connectivity index (χ0n) is 18.0. The molecule has 1 saturated carbocycles. The van der Waals surface area contributed by atoms with Crippen LogP contribution in [0.2, 0.25) is 0 Å². The van der Waals surface area contributed by atoms with Crippen LogP contribution in [0.5, 0.6) is 0 Å². The van der Waals surface area contributed by atoms with Crippen LogP contribution < -0.4 is 5.32 Å². The minimum absolute atomic E-state index is 0.0232. The van der Waals surface area contributed by atoms with Crippen LogP contribution in [0.25, 0.3) is 28.1 Å². The molecule has 0 radical (unpaired) electrons. The second kappa shape index (κ2) is 8.90. The third kappa shape index (κ3) is 4.37. The van der Waals surface area contributed by atoms with E-state index in [-0.39, 0.29) is 12.0 Å². The van der Waals surface area contributed by atoms with Crippen LogP contribution >= 0.6 is 0 Å². The molecular formula is C21H23N9O3. The number of anilines is 1. The van der Waals surface area contributed by atoms with Crippen molar-refractivity contribution in [2.75, 3.05) is 19.0 Å². The summed E-state index contributed by atoms with van der Waals surface area (Å²) in [4.78, 5) is 24.6. The number of nitrogens with one attached hydrogen (secondary N) is 1. The van der Waals surface area contributed by atoms with Gasteiger partial charge in [0.1, 0.15) is 0 Å². The van der Waals surface area contributed by atoms with Gasteiger partial charge < -0.3 is 15.2 Å². The maximum absolute atomic E-state index is 11.2. The van der Waals surface area contributed by atoms with Gasteiger partial charge in [0.05, 0.1) is 31.5 Å². The van der Waals surface area contributed by atoms with E-state index in [1.807, 2.05) is 23.0 Å². The molecule has 4 aromatic heterocycles. The van der Waals surface area contributed by atoms with Crippen molar-refractivity contribution in [3.63, 3.8) is 0 Å². The topological polar surface area (TPSA) is 146 Å². The van der Waals surface area contributed by atoms with E-state index in [0.717, 1.165) is 17.5 Å². The molecule has 4 aromatic rings. The first kappa shape index (κ1) is 20.9. The lowest BCUT2D eigenvalue weighted by Gasteiger charge is -2.12. The molecule has 12 nitrogen and oxygen atoms in total. The Balaban J connectivity index is 1.34. The molecule has 0 bridgehead atoms. The van der Waals surface area contributed by atoms with Crippen LogP contribution in [-0.4, -0.2) is 70.6 Å². The highest BCUT2D eigenvalue weighted by molar-refractivity contribution is 5.72. The normalized spacial score (nSPS) is 18.1. The van der Waals surface area contributed by atoms with Gasteiger partial charge in [-0.1, -0.05) is 5.21 Å². The number of carbonyl (C=O) groups is 1. The van der Waals surface area contributed by atoms with Crippen molar-refractivity contribution in [1.82, 2.24) is 39.7 Å². The van der Waals surface area contributed by atoms with Gasteiger partial charge in [-0.05, 0) is 31.4 Å². The number of hydrogen-bond acceptors (Lipinski definition) is 9. The van der Waals surface area contributed by atoms with E-state index in [4.69, 9.17) is 4.74 Å². The number of aliphatic carboxylic acids is 1. The Bertz CT molecular complexity index is 1270. The largest absolute Gasteiger partial charge is 0.481 e. The average molecular weight is 449 g/mol. The first-order valence-corrected chi connectivity index (χ1v) is 10.7. The van der Waals surface area contributed by atoms with Gasteiger partial charge in [0.15, 0.2) is 17.0 Å². The first-order valence-electron chi connectivity index (χ1n) is 10.7. The fraction of sp³-hybridized carbons (Fsp3) is 0.381. The SMILES string of the molecule is COCCn1cc(-c2ccc(-n3nnc4cnc(N[C@@H]5CC[C@@H](C(=O)O)C5)nc43)nc2)cn1. The lowest BCUT2D eigenvalue weighted by Crippen LogP contribution is -2.19. The van der Waals surface area contributed by atoms with Crippen LogP contribution in [0.3, 0.4) is 0 Å². The van der Waals surface area contributed by atoms with Gasteiger partial charge in [-0.25, -0.2) is 9.97 Å². The maximum Gasteiger partial charge on any atom is 0.306 e. The van der Waals surface area contributed by atoms with Crippen molar-refractivity contribution in [3.05, 3.63) is 36.9 Å². The Morgan fingerprint density at radius 3 is 2.88 bits per heavy atom. The Morgan fingerprint density at radius 2 is 2.12 bits per heavy atom. The summed E-state index contributed by atoms with van der Waals surface area (Å²) in [6, 6.07) is 3.81. The Hall–Kier alpha value is -3.93. The molecule has 170 valence electrons. The fourth-order valence-corrected chi connectivity index (χ4v) is 3.97. The summed E-state index contributed by atoms with van der Waals surface area (Å²) in [6.45, 7) is 1.28. The van der Waals surface area contributed by atoms with Crippen LogP contribution in [-0.2, 0) is 16.1 Å². The van der Waals surface area contributed by atoms with E-state index in [2.05, 4.69) is 35.7 Å². The molecule has 1 aliphatic carbocycles. The van der Waals surface area contributed by atoms with Crippen molar-refractivity contribution in [1.29, 1.82) is 0 Å². The zero-order chi connectivity index (χ0) is 22.8. The van der Waals surface area contributed by atoms with E-state index in [9.17, 15) is 9.90 Å². The van der Waals surface area contributed by atoms with Crippen molar-refractivity contribution < 1.29 is 14.6 Å². The molecule has 33 heavy (non-hydrogen) atoms. The number of aromatic nitrogens is 8. The smallest absolute Gasteiger partial charge is 0.306 e. The van der Waals surface area contributed by atoms with Crippen LogP contribution in [0.1, 0.15) is 19.3 Å². The van der Waals surface area contributed by atoms with Crippen molar-refractivity contribution in [2.45, 2.75) is 31.8 Å². The molecule has 0 spiro atoms. The third-order valence-electron chi connectivity index (χ3n) is 5.76. The Labute approximate surface area is 188 Å². The first-order chi connectivity index (χ1) is 16.1. The van der Waals surface area contributed by atoms with E-state index in [1.165, 1.54) is 0 Å². The van der Waals surface area contributed by atoms with Gasteiger partial charge >= 0.3 is 5.97 Å². The molecular weight excluding hydrogens is 426 g/mol. The quantitative estimate of drug-likeness (QED) is 0.408. The lowest BCUT2D eigenvalue weighted by molar-refractivity contribution is -0.141. The summed E-state index contributed by atoms with van der Waals surface area (Å²) in [6.07, 6.45) is 9.06. The molecule has 2 atom stereocenters. The molecule has 0 aliphatic heterocycles. The number of methoxy groups -OCH3 is 1. The van der Waals surface area contributed by atoms with Gasteiger partial charge in [0, 0.05) is 36.7 Å². The number of carboxylic acids is 1. The molecule has 0 saturated heterocycles. The van der Waals surface area contributed by atoms with Crippen molar-refractivity contribution in [2.24, 2.45) is 5.92 Å². The van der Waals surface area contributed by atoms with Crippen molar-refractivity contribution >= 4 is 23.1 Å². The summed E-state index contributed by atoms with van der Waals surface area (Å²) in [5.74, 6) is -0.0883. The van der Waals surface area contributed by atoms with E-state index < -0.39 is 5.97 Å². The molecule has 1 aliphatic rings. The predicted octanol–water partition coefficient (Wildman–Crippen LogP) is 1.78. The van der Waals surface area contributed by atoms with E-state index in [0.29, 0.717) is 48.9 Å². The number of carboxylic acid groups (broad SMARTS) is 1. The third-order valence-corrected chi connectivity index (χ3v) is 5.76. The highest BCUT2D eigenvalue weighted by atomic mass is 16.5. The van der Waals surface area contributed by atoms with Crippen LogP contribution in [0.4, 0.5) is 5.95 Å². The summed E-state index contributed by atoms with van der Waals surface area (Å²) < 4.78 is 8.47. The second-order valence-corrected chi connectivity index (χ2v) is 7.98. The molecule has 0 amide bonds. The number of rotatable bonds is 8. The second-order valence-electron chi connectivity index (χ2n) is 7.98. The summed E-state index contributed by atoms with van der Waals surface area (Å²) in [5.41, 5.74) is 2.95. The minimum atomic E-state index is -0.755. The highest BCUT2D eigenvalue weighted by Crippen LogP contribution is 2.28. The van der Waals surface area contributed by atoms with Gasteiger partial charge in [-0.2, -0.15) is 14.8 Å².